The Morgan fingerprint density at radius 3 is 2.38 bits per heavy atom. The lowest BCUT2D eigenvalue weighted by molar-refractivity contribution is -0.123. The number of nitrogens with zero attached hydrogens (tertiary/aromatic N) is 2. The Bertz CT molecular complexity index is 1200. The summed E-state index contributed by atoms with van der Waals surface area (Å²) in [5.41, 5.74) is 5.05. The number of halogens is 1. The zero-order chi connectivity index (χ0) is 22.8. The highest BCUT2D eigenvalue weighted by Gasteiger charge is 2.35. The Morgan fingerprint density at radius 1 is 1.00 bits per heavy atom. The Morgan fingerprint density at radius 2 is 1.69 bits per heavy atom. The minimum Gasteiger partial charge on any atom is -0.492 e. The lowest BCUT2D eigenvalue weighted by Gasteiger charge is -2.13. The van der Waals surface area contributed by atoms with E-state index >= 15 is 0 Å². The van der Waals surface area contributed by atoms with Crippen LogP contribution < -0.4 is 4.74 Å². The largest absolute Gasteiger partial charge is 0.492 e. The molecule has 32 heavy (non-hydrogen) atoms. The number of hydrogen-bond donors (Lipinski definition) is 0. The molecule has 0 atom stereocenters. The van der Waals surface area contributed by atoms with Crippen molar-refractivity contribution < 1.29 is 14.3 Å². The highest BCUT2D eigenvalue weighted by atomic mass is 35.5. The van der Waals surface area contributed by atoms with Gasteiger partial charge < -0.3 is 9.30 Å². The highest BCUT2D eigenvalue weighted by Crippen LogP contribution is 2.33. The van der Waals surface area contributed by atoms with Crippen LogP contribution in [0.25, 0.3) is 11.8 Å². The van der Waals surface area contributed by atoms with Gasteiger partial charge in [0.2, 0.25) is 0 Å². The van der Waals surface area contributed by atoms with Gasteiger partial charge in [-0.25, -0.2) is 0 Å². The summed E-state index contributed by atoms with van der Waals surface area (Å²) in [6, 6.07) is 17.3. The Labute approximate surface area is 196 Å². The average molecular weight is 467 g/mol. The van der Waals surface area contributed by atoms with Crippen LogP contribution in [0.15, 0.2) is 59.5 Å². The SMILES string of the molecule is Cc1ccc(OCCN2C(=O)S/C(=C\c3cc(C)n(-c4ccc(Cl)cc4)c3C)C2=O)cc1. The van der Waals surface area contributed by atoms with Gasteiger partial charge in [-0.2, -0.15) is 0 Å². The summed E-state index contributed by atoms with van der Waals surface area (Å²) >= 11 is 6.98. The number of benzene rings is 2. The molecule has 7 heteroatoms. The first kappa shape index (κ1) is 22.2. The predicted molar refractivity (Wildman–Crippen MR) is 130 cm³/mol. The van der Waals surface area contributed by atoms with Gasteiger partial charge in [-0.3, -0.25) is 14.5 Å². The van der Waals surface area contributed by atoms with Gasteiger partial charge in [0.05, 0.1) is 11.4 Å². The maximum Gasteiger partial charge on any atom is 0.293 e. The van der Waals surface area contributed by atoms with Crippen LogP contribution in [0.2, 0.25) is 5.02 Å². The molecule has 1 saturated heterocycles. The first-order valence-electron chi connectivity index (χ1n) is 10.2. The third-order valence-corrected chi connectivity index (χ3v) is 6.48. The van der Waals surface area contributed by atoms with Crippen LogP contribution in [-0.2, 0) is 4.79 Å². The molecule has 2 amide bonds. The number of hydrogen-bond acceptors (Lipinski definition) is 4. The zero-order valence-electron chi connectivity index (χ0n) is 18.1. The van der Waals surface area contributed by atoms with E-state index < -0.39 is 0 Å². The van der Waals surface area contributed by atoms with Crippen molar-refractivity contribution in [1.82, 2.24) is 9.47 Å². The highest BCUT2D eigenvalue weighted by molar-refractivity contribution is 8.18. The second-order valence-corrected chi connectivity index (χ2v) is 9.06. The summed E-state index contributed by atoms with van der Waals surface area (Å²) in [4.78, 5) is 27.0. The molecule has 1 aliphatic heterocycles. The molecule has 0 bridgehead atoms. The van der Waals surface area contributed by atoms with E-state index in [1.54, 1.807) is 6.08 Å². The quantitative estimate of drug-likeness (QED) is 0.407. The van der Waals surface area contributed by atoms with Crippen LogP contribution in [0.5, 0.6) is 5.75 Å². The van der Waals surface area contributed by atoms with Crippen LogP contribution in [0.3, 0.4) is 0 Å². The first-order chi connectivity index (χ1) is 15.3. The first-order valence-corrected chi connectivity index (χ1v) is 11.4. The summed E-state index contributed by atoms with van der Waals surface area (Å²) in [7, 11) is 0. The standard InChI is InChI=1S/C25H23ClN2O3S/c1-16-4-10-22(11-5-16)31-13-12-27-24(29)23(32-25(27)30)15-19-14-17(2)28(18(19)3)21-8-6-20(26)7-9-21/h4-11,14-15H,12-13H2,1-3H3/b23-15-. The molecular formula is C25H23ClN2O3S. The number of rotatable bonds is 6. The van der Waals surface area contributed by atoms with E-state index in [-0.39, 0.29) is 24.3 Å². The molecule has 0 aliphatic carbocycles. The molecule has 4 rings (SSSR count). The smallest absolute Gasteiger partial charge is 0.293 e. The maximum atomic E-state index is 12.9. The number of aromatic nitrogens is 1. The second kappa shape index (κ2) is 9.27. The fraction of sp³-hybridized carbons (Fsp3) is 0.200. The normalized spacial score (nSPS) is 15.1. The fourth-order valence-corrected chi connectivity index (χ4v) is 4.63. The molecule has 1 aromatic heterocycles. The van der Waals surface area contributed by atoms with Crippen LogP contribution in [0.4, 0.5) is 4.79 Å². The summed E-state index contributed by atoms with van der Waals surface area (Å²) in [6.07, 6.45) is 1.79. The maximum absolute atomic E-state index is 12.9. The third-order valence-electron chi connectivity index (χ3n) is 5.32. The number of aryl methyl sites for hydroxylation is 2. The van der Waals surface area contributed by atoms with Crippen molar-refractivity contribution in [3.8, 4) is 11.4 Å². The predicted octanol–water partition coefficient (Wildman–Crippen LogP) is 6.17. The Kier molecular flexibility index (Phi) is 6.44. The Hall–Kier alpha value is -2.96. The van der Waals surface area contributed by atoms with Crippen LogP contribution in [-0.4, -0.2) is 33.8 Å². The van der Waals surface area contributed by atoms with E-state index in [1.165, 1.54) is 4.90 Å². The van der Waals surface area contributed by atoms with Crippen molar-refractivity contribution in [3.05, 3.63) is 87.0 Å². The number of imide groups is 1. The molecule has 1 fully saturated rings. The summed E-state index contributed by atoms with van der Waals surface area (Å²) in [6.45, 7) is 6.46. The molecule has 0 radical (unpaired) electrons. The minimum atomic E-state index is -0.288. The van der Waals surface area contributed by atoms with E-state index in [2.05, 4.69) is 4.57 Å². The van der Waals surface area contributed by atoms with E-state index in [0.717, 1.165) is 40.0 Å². The fourth-order valence-electron chi connectivity index (χ4n) is 3.64. The molecule has 0 N–H and O–H groups in total. The van der Waals surface area contributed by atoms with Gasteiger partial charge in [-0.1, -0.05) is 29.3 Å². The van der Waals surface area contributed by atoms with E-state index in [4.69, 9.17) is 16.3 Å². The lowest BCUT2D eigenvalue weighted by Crippen LogP contribution is -2.32. The number of carbonyl (C=O) groups is 2. The van der Waals surface area contributed by atoms with Crippen LogP contribution >= 0.6 is 23.4 Å². The average Bonchev–Trinajstić information content (AvgIpc) is 3.19. The molecule has 2 heterocycles. The molecule has 5 nitrogen and oxygen atoms in total. The number of ether oxygens (including phenoxy) is 1. The van der Waals surface area contributed by atoms with E-state index in [0.29, 0.717) is 15.7 Å². The van der Waals surface area contributed by atoms with Crippen molar-refractivity contribution in [2.45, 2.75) is 20.8 Å². The van der Waals surface area contributed by atoms with Gasteiger partial charge in [0.15, 0.2) is 0 Å². The summed E-state index contributed by atoms with van der Waals surface area (Å²) in [5, 5.41) is 0.400. The van der Waals surface area contributed by atoms with Gasteiger partial charge in [-0.05, 0) is 86.6 Å². The van der Waals surface area contributed by atoms with E-state index in [1.807, 2.05) is 75.4 Å². The van der Waals surface area contributed by atoms with Crippen molar-refractivity contribution in [2.24, 2.45) is 0 Å². The zero-order valence-corrected chi connectivity index (χ0v) is 19.7. The van der Waals surface area contributed by atoms with Crippen molar-refractivity contribution in [2.75, 3.05) is 13.2 Å². The summed E-state index contributed by atoms with van der Waals surface area (Å²) in [5.74, 6) is 0.427. The molecular weight excluding hydrogens is 444 g/mol. The molecule has 2 aromatic carbocycles. The molecule has 1 aliphatic rings. The second-order valence-electron chi connectivity index (χ2n) is 7.63. The topological polar surface area (TPSA) is 51.5 Å². The number of amides is 2. The molecule has 0 spiro atoms. The van der Waals surface area contributed by atoms with Gasteiger partial charge >= 0.3 is 0 Å². The third kappa shape index (κ3) is 4.61. The molecule has 3 aromatic rings. The van der Waals surface area contributed by atoms with Crippen molar-refractivity contribution >= 4 is 40.6 Å². The lowest BCUT2D eigenvalue weighted by atomic mass is 10.2. The Balaban J connectivity index is 1.48. The van der Waals surface area contributed by atoms with Gasteiger partial charge in [0.25, 0.3) is 11.1 Å². The van der Waals surface area contributed by atoms with Crippen LogP contribution in [0, 0.1) is 20.8 Å². The molecule has 164 valence electrons. The number of thioether (sulfide) groups is 1. The monoisotopic (exact) mass is 466 g/mol. The summed E-state index contributed by atoms with van der Waals surface area (Å²) < 4.78 is 7.78. The van der Waals surface area contributed by atoms with Crippen molar-refractivity contribution in [1.29, 1.82) is 0 Å². The minimum absolute atomic E-state index is 0.208. The van der Waals surface area contributed by atoms with E-state index in [9.17, 15) is 9.59 Å². The van der Waals surface area contributed by atoms with Gasteiger partial charge in [0.1, 0.15) is 12.4 Å². The molecule has 0 saturated carbocycles. The molecule has 0 unspecified atom stereocenters. The van der Waals surface area contributed by atoms with Crippen LogP contribution in [0.1, 0.15) is 22.5 Å². The van der Waals surface area contributed by atoms with Crippen molar-refractivity contribution in [3.63, 3.8) is 0 Å². The van der Waals surface area contributed by atoms with Gasteiger partial charge in [0, 0.05) is 22.1 Å². The van der Waals surface area contributed by atoms with Gasteiger partial charge in [-0.15, -0.1) is 0 Å². The number of carbonyl (C=O) groups excluding carboxylic acids is 2.